The molecule has 1 rings (SSSR count). The maximum Gasteiger partial charge on any atom is 0.303 e. The first-order valence-corrected chi connectivity index (χ1v) is 6.03. The molecule has 0 atom stereocenters. The van der Waals surface area contributed by atoms with E-state index in [1.807, 2.05) is 19.1 Å². The van der Waals surface area contributed by atoms with Gasteiger partial charge in [0.05, 0.1) is 12.1 Å². The van der Waals surface area contributed by atoms with E-state index in [0.29, 0.717) is 11.4 Å². The van der Waals surface area contributed by atoms with Crippen molar-refractivity contribution in [2.75, 3.05) is 7.11 Å². The van der Waals surface area contributed by atoms with Gasteiger partial charge in [-0.15, -0.1) is 0 Å². The normalized spacial score (nSPS) is 10.3. The molecule has 0 saturated heterocycles. The van der Waals surface area contributed by atoms with Gasteiger partial charge in [-0.1, -0.05) is 24.6 Å². The second kappa shape index (κ2) is 6.50. The summed E-state index contributed by atoms with van der Waals surface area (Å²) in [6.45, 7) is 2.04. The van der Waals surface area contributed by atoms with Crippen LogP contribution in [0.15, 0.2) is 12.1 Å². The van der Waals surface area contributed by atoms with Gasteiger partial charge in [-0.25, -0.2) is 0 Å². The summed E-state index contributed by atoms with van der Waals surface area (Å²) in [5.41, 5.74) is 2.12. The van der Waals surface area contributed by atoms with E-state index in [4.69, 9.17) is 21.4 Å². The number of hydrogen-bond acceptors (Lipinski definition) is 2. The highest BCUT2D eigenvalue weighted by atomic mass is 35.5. The lowest BCUT2D eigenvalue weighted by Gasteiger charge is -2.11. The summed E-state index contributed by atoms with van der Waals surface area (Å²) in [5, 5.41) is 9.18. The number of aliphatic carboxylic acids is 1. The molecule has 1 aromatic carbocycles. The van der Waals surface area contributed by atoms with E-state index in [9.17, 15) is 4.79 Å². The summed E-state index contributed by atoms with van der Waals surface area (Å²) in [6, 6.07) is 3.88. The number of ether oxygens (including phenoxy) is 1. The molecule has 3 nitrogen and oxygen atoms in total. The molecule has 94 valence electrons. The Kier molecular flexibility index (Phi) is 5.29. The lowest BCUT2D eigenvalue weighted by atomic mass is 10.0. The van der Waals surface area contributed by atoms with Gasteiger partial charge in [-0.05, 0) is 36.5 Å². The SMILES string of the molecule is CCc1cc(CCCC(=O)O)cc(Cl)c1OC. The zero-order valence-electron chi connectivity index (χ0n) is 10.1. The fourth-order valence-corrected chi connectivity index (χ4v) is 2.13. The van der Waals surface area contributed by atoms with E-state index in [2.05, 4.69) is 0 Å². The lowest BCUT2D eigenvalue weighted by molar-refractivity contribution is -0.137. The lowest BCUT2D eigenvalue weighted by Crippen LogP contribution is -1.98. The van der Waals surface area contributed by atoms with Crippen LogP contribution in [-0.4, -0.2) is 18.2 Å². The Hall–Kier alpha value is -1.22. The zero-order valence-corrected chi connectivity index (χ0v) is 10.9. The fraction of sp³-hybridized carbons (Fsp3) is 0.462. The number of carbonyl (C=O) groups is 1. The largest absolute Gasteiger partial charge is 0.495 e. The van der Waals surface area contributed by atoms with E-state index >= 15 is 0 Å². The van der Waals surface area contributed by atoms with Crippen molar-refractivity contribution < 1.29 is 14.6 Å². The number of halogens is 1. The molecule has 17 heavy (non-hydrogen) atoms. The monoisotopic (exact) mass is 256 g/mol. The summed E-state index contributed by atoms with van der Waals surface area (Å²) >= 11 is 6.11. The van der Waals surface area contributed by atoms with Crippen LogP contribution >= 0.6 is 11.6 Å². The molecule has 0 aliphatic rings. The molecule has 0 saturated carbocycles. The minimum Gasteiger partial charge on any atom is -0.495 e. The van der Waals surface area contributed by atoms with Crippen molar-refractivity contribution in [3.05, 3.63) is 28.3 Å². The van der Waals surface area contributed by atoms with Gasteiger partial charge in [-0.2, -0.15) is 0 Å². The van der Waals surface area contributed by atoms with Crippen molar-refractivity contribution in [3.8, 4) is 5.75 Å². The van der Waals surface area contributed by atoms with Crippen LogP contribution in [-0.2, 0) is 17.6 Å². The van der Waals surface area contributed by atoms with Gasteiger partial charge in [-0.3, -0.25) is 4.79 Å². The summed E-state index contributed by atoms with van der Waals surface area (Å²) < 4.78 is 5.24. The van der Waals surface area contributed by atoms with E-state index in [1.54, 1.807) is 7.11 Å². The van der Waals surface area contributed by atoms with Crippen LogP contribution in [0.3, 0.4) is 0 Å². The maximum atomic E-state index is 10.4. The van der Waals surface area contributed by atoms with Crippen LogP contribution in [0.4, 0.5) is 0 Å². The molecular weight excluding hydrogens is 240 g/mol. The van der Waals surface area contributed by atoms with Gasteiger partial charge in [0.1, 0.15) is 5.75 Å². The maximum absolute atomic E-state index is 10.4. The topological polar surface area (TPSA) is 46.5 Å². The first kappa shape index (κ1) is 13.8. The molecule has 0 amide bonds. The smallest absolute Gasteiger partial charge is 0.303 e. The molecule has 4 heteroatoms. The van der Waals surface area contributed by atoms with Gasteiger partial charge in [0.25, 0.3) is 0 Å². The van der Waals surface area contributed by atoms with Crippen molar-refractivity contribution in [2.24, 2.45) is 0 Å². The average Bonchev–Trinajstić information content (AvgIpc) is 2.27. The van der Waals surface area contributed by atoms with Crippen molar-refractivity contribution >= 4 is 17.6 Å². The molecule has 1 N–H and O–H groups in total. The Morgan fingerprint density at radius 3 is 2.71 bits per heavy atom. The minimum absolute atomic E-state index is 0.186. The first-order chi connectivity index (χ1) is 8.08. The van der Waals surface area contributed by atoms with Crippen molar-refractivity contribution in [1.82, 2.24) is 0 Å². The number of benzene rings is 1. The van der Waals surface area contributed by atoms with Crippen molar-refractivity contribution in [2.45, 2.75) is 32.6 Å². The summed E-state index contributed by atoms with van der Waals surface area (Å²) in [5.74, 6) is -0.0449. The number of methoxy groups -OCH3 is 1. The van der Waals surface area contributed by atoms with Crippen LogP contribution in [0.1, 0.15) is 30.9 Å². The van der Waals surface area contributed by atoms with Crippen LogP contribution in [0.2, 0.25) is 5.02 Å². The van der Waals surface area contributed by atoms with E-state index in [0.717, 1.165) is 29.7 Å². The zero-order chi connectivity index (χ0) is 12.8. The van der Waals surface area contributed by atoms with Gasteiger partial charge in [0.15, 0.2) is 0 Å². The van der Waals surface area contributed by atoms with Gasteiger partial charge in [0.2, 0.25) is 0 Å². The third kappa shape index (κ3) is 3.93. The van der Waals surface area contributed by atoms with Gasteiger partial charge in [0, 0.05) is 6.42 Å². The van der Waals surface area contributed by atoms with Crippen LogP contribution in [0, 0.1) is 0 Å². The Morgan fingerprint density at radius 1 is 1.47 bits per heavy atom. The number of rotatable bonds is 6. The standard InChI is InChI=1S/C13H17ClO3/c1-3-10-7-9(5-4-6-12(15)16)8-11(14)13(10)17-2/h7-8H,3-6H2,1-2H3,(H,15,16). The minimum atomic E-state index is -0.764. The molecule has 0 fully saturated rings. The average molecular weight is 257 g/mol. The van der Waals surface area contributed by atoms with E-state index in [1.165, 1.54) is 0 Å². The Morgan fingerprint density at radius 2 is 2.18 bits per heavy atom. The second-order valence-electron chi connectivity index (χ2n) is 3.87. The summed E-state index contributed by atoms with van der Waals surface area (Å²) in [7, 11) is 1.60. The number of carboxylic acids is 1. The third-order valence-corrected chi connectivity index (χ3v) is 2.90. The Balaban J connectivity index is 2.80. The van der Waals surface area contributed by atoms with Crippen LogP contribution < -0.4 is 4.74 Å². The van der Waals surface area contributed by atoms with Crippen molar-refractivity contribution in [1.29, 1.82) is 0 Å². The molecule has 0 radical (unpaired) electrons. The highest BCUT2D eigenvalue weighted by molar-refractivity contribution is 6.32. The summed E-state index contributed by atoms with van der Waals surface area (Å²) in [6.07, 6.45) is 2.38. The highest BCUT2D eigenvalue weighted by Gasteiger charge is 2.09. The number of hydrogen-bond donors (Lipinski definition) is 1. The molecule has 0 unspecified atom stereocenters. The molecule has 0 bridgehead atoms. The molecule has 0 aliphatic heterocycles. The molecule has 0 heterocycles. The number of aryl methyl sites for hydroxylation is 2. The van der Waals surface area contributed by atoms with Crippen LogP contribution in [0.5, 0.6) is 5.75 Å². The molecule has 0 spiro atoms. The quantitative estimate of drug-likeness (QED) is 0.849. The van der Waals surface area contributed by atoms with E-state index < -0.39 is 5.97 Å². The van der Waals surface area contributed by atoms with E-state index in [-0.39, 0.29) is 6.42 Å². The van der Waals surface area contributed by atoms with Gasteiger partial charge >= 0.3 is 5.97 Å². The number of carboxylic acid groups (broad SMARTS) is 1. The highest BCUT2D eigenvalue weighted by Crippen LogP contribution is 2.31. The third-order valence-electron chi connectivity index (χ3n) is 2.62. The van der Waals surface area contributed by atoms with Crippen molar-refractivity contribution in [3.63, 3.8) is 0 Å². The van der Waals surface area contributed by atoms with Crippen LogP contribution in [0.25, 0.3) is 0 Å². The Labute approximate surface area is 106 Å². The summed E-state index contributed by atoms with van der Waals surface area (Å²) in [4.78, 5) is 10.4. The fourth-order valence-electron chi connectivity index (χ4n) is 1.79. The molecule has 0 aromatic heterocycles. The predicted octanol–water partition coefficient (Wildman–Crippen LogP) is 3.32. The molecule has 1 aromatic rings. The predicted molar refractivity (Wildman–Crippen MR) is 68.0 cm³/mol. The second-order valence-corrected chi connectivity index (χ2v) is 4.28. The molecular formula is C13H17ClO3. The molecule has 0 aliphatic carbocycles. The Bertz CT molecular complexity index is 402. The first-order valence-electron chi connectivity index (χ1n) is 5.65. The van der Waals surface area contributed by atoms with Gasteiger partial charge < -0.3 is 9.84 Å².